The molecule has 0 saturated heterocycles. The van der Waals surface area contributed by atoms with Crippen LogP contribution in [-0.4, -0.2) is 46.9 Å². The van der Waals surface area contributed by atoms with Gasteiger partial charge in [0.25, 0.3) is 6.02 Å². The van der Waals surface area contributed by atoms with E-state index in [-0.39, 0.29) is 12.6 Å². The van der Waals surface area contributed by atoms with E-state index in [2.05, 4.69) is 11.6 Å². The Morgan fingerprint density at radius 3 is 2.59 bits per heavy atom. The van der Waals surface area contributed by atoms with Crippen molar-refractivity contribution >= 4 is 12.0 Å². The first-order valence-electron chi connectivity index (χ1n) is 4.74. The number of nitrogens with zero attached hydrogens (tertiary/aromatic N) is 2. The lowest BCUT2D eigenvalue weighted by molar-refractivity contribution is -0.175. The Morgan fingerprint density at radius 1 is 1.71 bits per heavy atom. The van der Waals surface area contributed by atoms with E-state index in [9.17, 15) is 18.0 Å². The predicted molar refractivity (Wildman–Crippen MR) is 52.4 cm³/mol. The van der Waals surface area contributed by atoms with E-state index >= 15 is 0 Å². The highest BCUT2D eigenvalue weighted by Crippen LogP contribution is 2.31. The zero-order valence-electron chi connectivity index (χ0n) is 8.94. The van der Waals surface area contributed by atoms with E-state index in [1.807, 2.05) is 0 Å². The van der Waals surface area contributed by atoms with Gasteiger partial charge in [0.15, 0.2) is 6.04 Å². The third kappa shape index (κ3) is 2.69. The first kappa shape index (κ1) is 13.3. The molecule has 5 nitrogen and oxygen atoms in total. The molecular formula is C9H11F3N2O3. The molecule has 0 aromatic carbocycles. The molecule has 0 fully saturated rings. The molecule has 2 unspecified atom stereocenters. The van der Waals surface area contributed by atoms with Crippen LogP contribution in [0.1, 0.15) is 6.92 Å². The second-order valence-electron chi connectivity index (χ2n) is 3.24. The number of alkyl halides is 3. The van der Waals surface area contributed by atoms with E-state index in [0.29, 0.717) is 0 Å². The smallest absolute Gasteiger partial charge is 0.415 e. The molecule has 0 saturated carbocycles. The quantitative estimate of drug-likeness (QED) is 0.820. The van der Waals surface area contributed by atoms with Crippen LogP contribution in [0.4, 0.5) is 13.2 Å². The molecule has 1 aliphatic heterocycles. The molecule has 1 rings (SSSR count). The van der Waals surface area contributed by atoms with Gasteiger partial charge in [0.05, 0.1) is 0 Å². The molecule has 2 atom stereocenters. The van der Waals surface area contributed by atoms with Crippen molar-refractivity contribution in [2.24, 2.45) is 4.99 Å². The zero-order valence-corrected chi connectivity index (χ0v) is 8.94. The first-order chi connectivity index (χ1) is 7.81. The van der Waals surface area contributed by atoms with E-state index in [0.717, 1.165) is 0 Å². The van der Waals surface area contributed by atoms with Gasteiger partial charge in [-0.05, 0) is 6.92 Å². The summed E-state index contributed by atoms with van der Waals surface area (Å²) < 4.78 is 42.3. The van der Waals surface area contributed by atoms with Gasteiger partial charge in [0, 0.05) is 12.7 Å². The van der Waals surface area contributed by atoms with Crippen LogP contribution in [0, 0.1) is 0 Å². The van der Waals surface area contributed by atoms with Crippen LogP contribution < -0.4 is 0 Å². The molecule has 1 aliphatic rings. The SMILES string of the molecule is C=CN(CC)C1=NC(C(F)(F)F)C(C(=O)O)O1. The fraction of sp³-hybridized carbons (Fsp3) is 0.556. The Balaban J connectivity index is 2.99. The van der Waals surface area contributed by atoms with Crippen LogP contribution in [-0.2, 0) is 9.53 Å². The molecule has 0 aromatic rings. The van der Waals surface area contributed by atoms with Gasteiger partial charge in [-0.15, -0.1) is 0 Å². The predicted octanol–water partition coefficient (Wildman–Crippen LogP) is 1.22. The van der Waals surface area contributed by atoms with Crippen molar-refractivity contribution < 1.29 is 27.8 Å². The van der Waals surface area contributed by atoms with Gasteiger partial charge in [-0.3, -0.25) is 0 Å². The number of carbonyl (C=O) groups is 1. The summed E-state index contributed by atoms with van der Waals surface area (Å²) in [5.41, 5.74) is 0. The molecule has 8 heteroatoms. The molecule has 0 bridgehead atoms. The van der Waals surface area contributed by atoms with Crippen LogP contribution >= 0.6 is 0 Å². The number of aliphatic imine (C=N–C) groups is 1. The van der Waals surface area contributed by atoms with Gasteiger partial charge in [-0.1, -0.05) is 6.58 Å². The van der Waals surface area contributed by atoms with Gasteiger partial charge >= 0.3 is 12.1 Å². The summed E-state index contributed by atoms with van der Waals surface area (Å²) in [7, 11) is 0. The monoisotopic (exact) mass is 252 g/mol. The normalized spacial score (nSPS) is 23.9. The summed E-state index contributed by atoms with van der Waals surface area (Å²) in [4.78, 5) is 15.1. The Kier molecular flexibility index (Phi) is 3.64. The molecule has 0 amide bonds. The Morgan fingerprint density at radius 2 is 2.29 bits per heavy atom. The highest BCUT2D eigenvalue weighted by Gasteiger charge is 2.53. The molecule has 17 heavy (non-hydrogen) atoms. The third-order valence-electron chi connectivity index (χ3n) is 2.15. The number of amidine groups is 1. The van der Waals surface area contributed by atoms with Crippen molar-refractivity contribution in [1.29, 1.82) is 0 Å². The summed E-state index contributed by atoms with van der Waals surface area (Å²) in [6.07, 6.45) is -5.58. The van der Waals surface area contributed by atoms with Gasteiger partial charge in [-0.25, -0.2) is 9.79 Å². The van der Waals surface area contributed by atoms with E-state index in [1.54, 1.807) is 6.92 Å². The highest BCUT2D eigenvalue weighted by molar-refractivity contribution is 5.84. The largest absolute Gasteiger partial charge is 0.478 e. The lowest BCUT2D eigenvalue weighted by Gasteiger charge is -2.18. The van der Waals surface area contributed by atoms with Gasteiger partial charge in [-0.2, -0.15) is 13.2 Å². The van der Waals surface area contributed by atoms with Gasteiger partial charge in [0.2, 0.25) is 6.10 Å². The van der Waals surface area contributed by atoms with E-state index < -0.39 is 24.3 Å². The fourth-order valence-corrected chi connectivity index (χ4v) is 1.31. The van der Waals surface area contributed by atoms with E-state index in [1.165, 1.54) is 11.1 Å². The maximum Gasteiger partial charge on any atom is 0.415 e. The average Bonchev–Trinajstić information content (AvgIpc) is 2.64. The first-order valence-corrected chi connectivity index (χ1v) is 4.74. The maximum absolute atomic E-state index is 12.5. The number of rotatable bonds is 3. The van der Waals surface area contributed by atoms with Crippen molar-refractivity contribution in [1.82, 2.24) is 4.90 Å². The van der Waals surface area contributed by atoms with E-state index in [4.69, 9.17) is 9.84 Å². The lowest BCUT2D eigenvalue weighted by Crippen LogP contribution is -2.41. The Labute approximate surface area is 95.2 Å². The number of ether oxygens (including phenoxy) is 1. The maximum atomic E-state index is 12.5. The van der Waals surface area contributed by atoms with Crippen molar-refractivity contribution in [2.45, 2.75) is 25.2 Å². The summed E-state index contributed by atoms with van der Waals surface area (Å²) in [6.45, 7) is 5.29. The number of carboxylic acids is 1. The highest BCUT2D eigenvalue weighted by atomic mass is 19.4. The minimum absolute atomic E-state index is 0.277. The van der Waals surface area contributed by atoms with Crippen molar-refractivity contribution in [3.63, 3.8) is 0 Å². The molecule has 0 spiro atoms. The summed E-state index contributed by atoms with van der Waals surface area (Å²) in [5, 5.41) is 8.65. The fourth-order valence-electron chi connectivity index (χ4n) is 1.31. The summed E-state index contributed by atoms with van der Waals surface area (Å²) in [5.74, 6) is -1.70. The Bertz CT molecular complexity index is 354. The van der Waals surface area contributed by atoms with Crippen LogP contribution in [0.3, 0.4) is 0 Å². The van der Waals surface area contributed by atoms with Crippen LogP contribution in [0.15, 0.2) is 17.8 Å². The molecular weight excluding hydrogens is 241 g/mol. The van der Waals surface area contributed by atoms with Gasteiger partial charge in [0.1, 0.15) is 0 Å². The molecule has 0 aromatic heterocycles. The van der Waals surface area contributed by atoms with Crippen molar-refractivity contribution in [3.05, 3.63) is 12.8 Å². The molecule has 96 valence electrons. The van der Waals surface area contributed by atoms with Crippen LogP contribution in [0.2, 0.25) is 0 Å². The summed E-state index contributed by atoms with van der Waals surface area (Å²) >= 11 is 0. The number of hydrogen-bond acceptors (Lipinski definition) is 4. The molecule has 0 radical (unpaired) electrons. The number of aliphatic carboxylic acids is 1. The third-order valence-corrected chi connectivity index (χ3v) is 2.15. The number of halogens is 3. The Hall–Kier alpha value is -1.73. The average molecular weight is 252 g/mol. The minimum atomic E-state index is -4.76. The molecule has 0 aliphatic carbocycles. The second-order valence-corrected chi connectivity index (χ2v) is 3.24. The topological polar surface area (TPSA) is 62.1 Å². The molecule has 1 N–H and O–H groups in total. The zero-order chi connectivity index (χ0) is 13.2. The van der Waals surface area contributed by atoms with Crippen LogP contribution in [0.25, 0.3) is 0 Å². The minimum Gasteiger partial charge on any atom is -0.478 e. The summed E-state index contributed by atoms with van der Waals surface area (Å²) in [6, 6.07) is -2.76. The van der Waals surface area contributed by atoms with Gasteiger partial charge < -0.3 is 14.7 Å². The lowest BCUT2D eigenvalue weighted by atomic mass is 10.2. The van der Waals surface area contributed by atoms with Crippen molar-refractivity contribution in [3.8, 4) is 0 Å². The number of carboxylic acid groups (broad SMARTS) is 1. The van der Waals surface area contributed by atoms with Crippen LogP contribution in [0.5, 0.6) is 0 Å². The number of hydrogen-bond donors (Lipinski definition) is 1. The second kappa shape index (κ2) is 4.64. The molecule has 1 heterocycles. The van der Waals surface area contributed by atoms with Crippen molar-refractivity contribution in [2.75, 3.05) is 6.54 Å². The standard InChI is InChI=1S/C9H11F3N2O3/c1-3-14(4-2)8-13-6(9(10,11)12)5(17-8)7(15)16/h3,5-6H,1,4H2,2H3,(H,15,16).